The number of nitrogens with zero attached hydrogens (tertiary/aromatic N) is 1. The monoisotopic (exact) mass is 581 g/mol. The molecule has 3 N–H and O–H groups in total. The van der Waals surface area contributed by atoms with Crippen molar-refractivity contribution in [3.05, 3.63) is 73.7 Å². The Hall–Kier alpha value is -3.08. The lowest BCUT2D eigenvalue weighted by molar-refractivity contribution is -0.141. The molecule has 200 valence electrons. The van der Waals surface area contributed by atoms with Crippen molar-refractivity contribution in [1.82, 2.24) is 9.88 Å². The summed E-state index contributed by atoms with van der Waals surface area (Å²) in [5.74, 6) is -1.22. The van der Waals surface area contributed by atoms with Gasteiger partial charge < -0.3 is 15.4 Å². The Bertz CT molecular complexity index is 1550. The number of rotatable bonds is 5. The van der Waals surface area contributed by atoms with Gasteiger partial charge in [0.25, 0.3) is 0 Å². The fourth-order valence-electron chi connectivity index (χ4n) is 7.32. The normalized spacial score (nSPS) is 30.3. The smallest absolute Gasteiger partial charge is 0.305 e. The maximum atomic E-state index is 13.7. The molecule has 2 aromatic carbocycles. The predicted octanol–water partition coefficient (Wildman–Crippen LogP) is 4.30. The third-order valence-electron chi connectivity index (χ3n) is 8.76. The number of carbonyl (C=O) groups excluding carboxylic acids is 3. The Morgan fingerprint density at radius 1 is 1.03 bits per heavy atom. The molecule has 2 aliphatic carbocycles. The number of amides is 3. The molecule has 2 aliphatic heterocycles. The van der Waals surface area contributed by atoms with Gasteiger partial charge in [-0.05, 0) is 66.1 Å². The van der Waals surface area contributed by atoms with E-state index in [0.29, 0.717) is 10.7 Å². The van der Waals surface area contributed by atoms with E-state index in [9.17, 15) is 24.3 Å². The first kappa shape index (κ1) is 24.9. The summed E-state index contributed by atoms with van der Waals surface area (Å²) in [5, 5.41) is 14.2. The number of likely N-dealkylation sites (tertiary alicyclic amines) is 1. The van der Waals surface area contributed by atoms with Crippen LogP contribution in [0.3, 0.4) is 0 Å². The lowest BCUT2D eigenvalue weighted by atomic mass is 9.68. The molecular formula is C28H24ClN3O5S2. The summed E-state index contributed by atoms with van der Waals surface area (Å²) in [4.78, 5) is 57.3. The number of phenolic OH excluding ortho intramolecular Hbond substituents is 1. The van der Waals surface area contributed by atoms with Gasteiger partial charge in [0.15, 0.2) is 0 Å². The summed E-state index contributed by atoms with van der Waals surface area (Å²) in [6.45, 7) is 0.0497. The summed E-state index contributed by atoms with van der Waals surface area (Å²) in [5.41, 5.74) is 1.60. The van der Waals surface area contributed by atoms with Crippen LogP contribution in [0.15, 0.2) is 58.4 Å². The van der Waals surface area contributed by atoms with E-state index >= 15 is 0 Å². The van der Waals surface area contributed by atoms with Gasteiger partial charge in [0, 0.05) is 39.7 Å². The van der Waals surface area contributed by atoms with Crippen molar-refractivity contribution in [1.29, 1.82) is 0 Å². The van der Waals surface area contributed by atoms with E-state index < -0.39 is 5.92 Å². The highest BCUT2D eigenvalue weighted by Gasteiger charge is 2.69. The number of hydrogen-bond donors (Lipinski definition) is 3. The molecule has 3 fully saturated rings. The van der Waals surface area contributed by atoms with Crippen molar-refractivity contribution < 1.29 is 19.5 Å². The van der Waals surface area contributed by atoms with E-state index in [1.165, 1.54) is 16.2 Å². The average molecular weight is 582 g/mol. The van der Waals surface area contributed by atoms with Crippen molar-refractivity contribution in [2.24, 2.45) is 29.6 Å². The first-order valence-corrected chi connectivity index (χ1v) is 15.0. The van der Waals surface area contributed by atoms with Gasteiger partial charge in [-0.2, -0.15) is 0 Å². The zero-order valence-corrected chi connectivity index (χ0v) is 22.9. The van der Waals surface area contributed by atoms with Crippen molar-refractivity contribution in [2.75, 3.05) is 11.9 Å². The summed E-state index contributed by atoms with van der Waals surface area (Å²) >= 11 is 8.75. The highest BCUT2D eigenvalue weighted by molar-refractivity contribution is 8.00. The van der Waals surface area contributed by atoms with Crippen LogP contribution in [0.5, 0.6) is 5.75 Å². The number of aromatic hydroxyl groups is 1. The molecule has 4 aliphatic rings. The highest BCUT2D eigenvalue weighted by atomic mass is 35.5. The molecule has 3 heterocycles. The number of nitrogens with one attached hydrogen (secondary N) is 2. The van der Waals surface area contributed by atoms with Crippen molar-refractivity contribution in [3.63, 3.8) is 0 Å². The molecule has 0 spiro atoms. The van der Waals surface area contributed by atoms with E-state index in [4.69, 9.17) is 11.6 Å². The zero-order valence-electron chi connectivity index (χ0n) is 20.5. The second kappa shape index (κ2) is 9.25. The van der Waals surface area contributed by atoms with E-state index in [1.807, 2.05) is 12.1 Å². The van der Waals surface area contributed by atoms with Gasteiger partial charge in [-0.1, -0.05) is 35.1 Å². The van der Waals surface area contributed by atoms with Gasteiger partial charge in [0.2, 0.25) is 17.7 Å². The molecule has 7 unspecified atom stereocenters. The number of thiazole rings is 1. The zero-order chi connectivity index (χ0) is 27.0. The first-order chi connectivity index (χ1) is 18.8. The Kier molecular flexibility index (Phi) is 5.91. The number of benzene rings is 2. The molecule has 2 saturated carbocycles. The van der Waals surface area contributed by atoms with Gasteiger partial charge in [-0.25, -0.2) is 0 Å². The largest absolute Gasteiger partial charge is 0.508 e. The van der Waals surface area contributed by atoms with E-state index in [2.05, 4.69) is 10.3 Å². The number of carbonyl (C=O) groups is 3. The second-order valence-corrected chi connectivity index (χ2v) is 13.3. The molecule has 0 radical (unpaired) electrons. The number of anilines is 1. The maximum Gasteiger partial charge on any atom is 0.305 e. The summed E-state index contributed by atoms with van der Waals surface area (Å²) in [6.07, 6.45) is 0.818. The fraction of sp³-hybridized carbons (Fsp3) is 0.357. The summed E-state index contributed by atoms with van der Waals surface area (Å²) in [6, 6.07) is 13.8. The molecule has 1 saturated heterocycles. The molecule has 7 rings (SSSR count). The van der Waals surface area contributed by atoms with Crippen molar-refractivity contribution in [3.8, 4) is 5.75 Å². The van der Waals surface area contributed by atoms with Crippen molar-refractivity contribution >= 4 is 58.1 Å². The quantitative estimate of drug-likeness (QED) is 0.387. The number of thioether (sulfide) groups is 1. The minimum atomic E-state index is -0.402. The van der Waals surface area contributed by atoms with Gasteiger partial charge in [-0.3, -0.25) is 24.1 Å². The maximum absolute atomic E-state index is 13.7. The predicted molar refractivity (Wildman–Crippen MR) is 148 cm³/mol. The number of aromatic nitrogens is 1. The number of aromatic amines is 1. The number of phenols is 1. The molecule has 7 atom stereocenters. The van der Waals surface area contributed by atoms with Crippen LogP contribution in [0.25, 0.3) is 0 Å². The van der Waals surface area contributed by atoms with Crippen LogP contribution >= 0.6 is 34.7 Å². The minimum absolute atomic E-state index is 0.00555. The molecule has 2 bridgehead atoms. The molecule has 3 aromatic rings. The third kappa shape index (κ3) is 3.95. The highest BCUT2D eigenvalue weighted by Crippen LogP contribution is 2.68. The molecule has 1 aromatic heterocycles. The Morgan fingerprint density at radius 3 is 2.44 bits per heavy atom. The Balaban J connectivity index is 1.14. The SMILES string of the molecule is O=C(CCN1C(=O)C2C3CC(C2C1=O)C1C(c2ccc(O)cc2)c2sc(=O)[nH]c2SC31)Nc1ccc(Cl)cc1. The fourth-order valence-corrected chi connectivity index (χ4v) is 10.3. The van der Waals surface area contributed by atoms with Gasteiger partial charge in [-0.15, -0.1) is 11.8 Å². The molecular weight excluding hydrogens is 558 g/mol. The lowest BCUT2D eigenvalue weighted by Crippen LogP contribution is -2.42. The van der Waals surface area contributed by atoms with Crippen LogP contribution < -0.4 is 10.2 Å². The minimum Gasteiger partial charge on any atom is -0.508 e. The summed E-state index contributed by atoms with van der Waals surface area (Å²) in [7, 11) is 0. The van der Waals surface area contributed by atoms with Gasteiger partial charge in [0.1, 0.15) is 5.75 Å². The van der Waals surface area contributed by atoms with Crippen LogP contribution in [0.1, 0.15) is 29.2 Å². The topological polar surface area (TPSA) is 120 Å². The number of halogens is 1. The second-order valence-electron chi connectivity index (χ2n) is 10.7. The number of imide groups is 1. The molecule has 39 heavy (non-hydrogen) atoms. The lowest BCUT2D eigenvalue weighted by Gasteiger charge is -2.43. The van der Waals surface area contributed by atoms with Crippen LogP contribution in [-0.2, 0) is 14.4 Å². The van der Waals surface area contributed by atoms with Crippen LogP contribution in [-0.4, -0.2) is 44.5 Å². The number of fused-ring (bicyclic) bond motifs is 9. The van der Waals surface area contributed by atoms with Crippen LogP contribution in [0.2, 0.25) is 5.02 Å². The van der Waals surface area contributed by atoms with Gasteiger partial charge >= 0.3 is 4.87 Å². The average Bonchev–Trinajstić information content (AvgIpc) is 3.64. The molecule has 11 heteroatoms. The number of H-pyrrole nitrogens is 1. The number of hydrogen-bond acceptors (Lipinski definition) is 7. The van der Waals surface area contributed by atoms with Crippen LogP contribution in [0.4, 0.5) is 5.69 Å². The summed E-state index contributed by atoms with van der Waals surface area (Å²) < 4.78 is 0. The third-order valence-corrected chi connectivity index (χ3v) is 11.6. The standard InChI is InChI=1S/C28H24ClN3O5S2/c29-13-3-5-14(6-4-13)30-18(34)9-10-32-26(35)21-16-11-17(22(21)27(32)36)23-20(16)19(12-1-7-15(33)8-2-12)24-25(38-23)31-28(37)39-24/h1-8,16-17,19-23,33H,9-11H2,(H,30,34)(H,31,37). The Morgan fingerprint density at radius 2 is 1.72 bits per heavy atom. The van der Waals surface area contributed by atoms with Crippen LogP contribution in [0, 0.1) is 29.6 Å². The molecule has 8 nitrogen and oxygen atoms in total. The first-order valence-electron chi connectivity index (χ1n) is 12.9. The van der Waals surface area contributed by atoms with E-state index in [1.54, 1.807) is 48.2 Å². The van der Waals surface area contributed by atoms with Crippen molar-refractivity contribution in [2.45, 2.75) is 29.0 Å². The van der Waals surface area contributed by atoms with E-state index in [-0.39, 0.29) is 76.1 Å². The Labute approximate surface area is 236 Å². The van der Waals surface area contributed by atoms with Gasteiger partial charge in [0.05, 0.1) is 16.9 Å². The van der Waals surface area contributed by atoms with E-state index in [0.717, 1.165) is 21.9 Å². The molecule has 3 amide bonds.